The van der Waals surface area contributed by atoms with E-state index in [0.717, 1.165) is 19.3 Å². The summed E-state index contributed by atoms with van der Waals surface area (Å²) in [5, 5.41) is 6.93. The van der Waals surface area contributed by atoms with Gasteiger partial charge in [-0.05, 0) is 56.0 Å². The zero-order valence-corrected chi connectivity index (χ0v) is 20.3. The Labute approximate surface area is 199 Å². The largest absolute Gasteiger partial charge is 0.340 e. The summed E-state index contributed by atoms with van der Waals surface area (Å²) in [7, 11) is -3.68. The zero-order valence-electron chi connectivity index (χ0n) is 19.5. The van der Waals surface area contributed by atoms with E-state index in [9.17, 15) is 13.2 Å². The molecule has 1 fully saturated rings. The lowest BCUT2D eigenvalue weighted by atomic mass is 10.0. The van der Waals surface area contributed by atoms with Gasteiger partial charge in [-0.1, -0.05) is 31.5 Å². The van der Waals surface area contributed by atoms with Gasteiger partial charge >= 0.3 is 0 Å². The molecule has 0 bridgehead atoms. The first-order chi connectivity index (χ1) is 16.3. The molecule has 10 heteroatoms. The van der Waals surface area contributed by atoms with Gasteiger partial charge in [0.25, 0.3) is 5.91 Å². The van der Waals surface area contributed by atoms with Crippen LogP contribution in [0, 0.1) is 5.92 Å². The van der Waals surface area contributed by atoms with E-state index in [2.05, 4.69) is 20.4 Å². The standard InChI is InChI=1S/C24H29N5O4S/c1-16(2)21(24-27-22(28-33-24)19-10-7-12-25-15-19)26-23(30)18-9-6-11-20(14-18)34(31,32)29-13-5-4-8-17(29)3/h6-7,9-12,14-17,21H,4-5,8,13H2,1-3H3,(H,26,30). The second kappa shape index (κ2) is 10.0. The van der Waals surface area contributed by atoms with Gasteiger partial charge in [0.1, 0.15) is 6.04 Å². The highest BCUT2D eigenvalue weighted by atomic mass is 32.2. The Hall–Kier alpha value is -3.11. The van der Waals surface area contributed by atoms with Crippen molar-refractivity contribution in [3.8, 4) is 11.4 Å². The first kappa shape index (κ1) is 24.0. The molecule has 3 heterocycles. The van der Waals surface area contributed by atoms with E-state index in [-0.39, 0.29) is 28.3 Å². The number of carbonyl (C=O) groups is 1. The Morgan fingerprint density at radius 3 is 2.74 bits per heavy atom. The predicted octanol–water partition coefficient (Wildman–Crippen LogP) is 3.82. The van der Waals surface area contributed by atoms with Crippen LogP contribution in [-0.4, -0.2) is 46.3 Å². The first-order valence-corrected chi connectivity index (χ1v) is 12.9. The van der Waals surface area contributed by atoms with Crippen LogP contribution in [0.1, 0.15) is 62.3 Å². The minimum Gasteiger partial charge on any atom is -0.340 e. The summed E-state index contributed by atoms with van der Waals surface area (Å²) in [6.45, 7) is 6.27. The average molecular weight is 484 g/mol. The van der Waals surface area contributed by atoms with E-state index in [0.29, 0.717) is 17.9 Å². The monoisotopic (exact) mass is 483 g/mol. The van der Waals surface area contributed by atoms with Gasteiger partial charge in [-0.15, -0.1) is 0 Å². The number of piperidine rings is 1. The van der Waals surface area contributed by atoms with E-state index in [4.69, 9.17) is 4.52 Å². The topological polar surface area (TPSA) is 118 Å². The number of benzene rings is 1. The van der Waals surface area contributed by atoms with Crippen molar-refractivity contribution in [1.29, 1.82) is 0 Å². The summed E-state index contributed by atoms with van der Waals surface area (Å²) in [4.78, 5) is 21.7. The molecule has 9 nitrogen and oxygen atoms in total. The fourth-order valence-electron chi connectivity index (χ4n) is 4.07. The molecular formula is C24H29N5O4S. The third-order valence-electron chi connectivity index (χ3n) is 6.03. The van der Waals surface area contributed by atoms with E-state index < -0.39 is 22.0 Å². The van der Waals surface area contributed by atoms with Crippen molar-refractivity contribution in [3.05, 3.63) is 60.2 Å². The third kappa shape index (κ3) is 5.02. The number of amides is 1. The molecule has 34 heavy (non-hydrogen) atoms. The maximum atomic E-state index is 13.2. The van der Waals surface area contributed by atoms with Crippen LogP contribution in [0.15, 0.2) is 58.2 Å². The lowest BCUT2D eigenvalue weighted by molar-refractivity contribution is 0.0913. The number of hydrogen-bond acceptors (Lipinski definition) is 7. The maximum Gasteiger partial charge on any atom is 0.251 e. The smallest absolute Gasteiger partial charge is 0.251 e. The van der Waals surface area contributed by atoms with Gasteiger partial charge in [-0.2, -0.15) is 9.29 Å². The molecule has 2 atom stereocenters. The van der Waals surface area contributed by atoms with Crippen LogP contribution in [0.5, 0.6) is 0 Å². The number of nitrogens with one attached hydrogen (secondary N) is 1. The molecule has 2 aromatic heterocycles. The number of pyridine rings is 1. The van der Waals surface area contributed by atoms with E-state index >= 15 is 0 Å². The second-order valence-electron chi connectivity index (χ2n) is 8.88. The van der Waals surface area contributed by atoms with Crippen LogP contribution in [-0.2, 0) is 10.0 Å². The highest BCUT2D eigenvalue weighted by Gasteiger charge is 2.32. The van der Waals surface area contributed by atoms with Crippen LogP contribution in [0.25, 0.3) is 11.4 Å². The van der Waals surface area contributed by atoms with Crippen LogP contribution >= 0.6 is 0 Å². The van der Waals surface area contributed by atoms with Gasteiger partial charge in [0.05, 0.1) is 4.90 Å². The Kier molecular flexibility index (Phi) is 7.08. The summed E-state index contributed by atoms with van der Waals surface area (Å²) in [5.41, 5.74) is 0.958. The molecule has 1 aromatic carbocycles. The number of aromatic nitrogens is 3. The average Bonchev–Trinajstić information content (AvgIpc) is 3.33. The van der Waals surface area contributed by atoms with Crippen LogP contribution in [0.2, 0.25) is 0 Å². The fraction of sp³-hybridized carbons (Fsp3) is 0.417. The summed E-state index contributed by atoms with van der Waals surface area (Å²) >= 11 is 0. The van der Waals surface area contributed by atoms with Gasteiger partial charge in [0, 0.05) is 36.1 Å². The minimum absolute atomic E-state index is 0.0488. The molecule has 4 rings (SSSR count). The van der Waals surface area contributed by atoms with Crippen LogP contribution < -0.4 is 5.32 Å². The second-order valence-corrected chi connectivity index (χ2v) is 10.8. The van der Waals surface area contributed by atoms with Crippen LogP contribution in [0.3, 0.4) is 0 Å². The van der Waals surface area contributed by atoms with Crippen LogP contribution in [0.4, 0.5) is 0 Å². The number of rotatable bonds is 7. The zero-order chi connectivity index (χ0) is 24.3. The molecule has 1 saturated heterocycles. The predicted molar refractivity (Wildman–Crippen MR) is 126 cm³/mol. The SMILES string of the molecule is CC(C)C(NC(=O)c1cccc(S(=O)(=O)N2CCCCC2C)c1)c1nc(-c2cccnc2)no1. The number of sulfonamides is 1. The van der Waals surface area contributed by atoms with Gasteiger partial charge in [-0.25, -0.2) is 8.42 Å². The van der Waals surface area contributed by atoms with Crippen molar-refractivity contribution in [2.75, 3.05) is 6.54 Å². The van der Waals surface area contributed by atoms with Crippen molar-refractivity contribution >= 4 is 15.9 Å². The lowest BCUT2D eigenvalue weighted by Gasteiger charge is -2.32. The first-order valence-electron chi connectivity index (χ1n) is 11.4. The molecule has 3 aromatic rings. The Morgan fingerprint density at radius 2 is 2.03 bits per heavy atom. The van der Waals surface area contributed by atoms with E-state index in [1.54, 1.807) is 30.6 Å². The lowest BCUT2D eigenvalue weighted by Crippen LogP contribution is -2.42. The number of hydrogen-bond donors (Lipinski definition) is 1. The molecule has 0 radical (unpaired) electrons. The highest BCUT2D eigenvalue weighted by molar-refractivity contribution is 7.89. The highest BCUT2D eigenvalue weighted by Crippen LogP contribution is 2.27. The van der Waals surface area contributed by atoms with Crippen molar-refractivity contribution < 1.29 is 17.7 Å². The molecule has 2 unspecified atom stereocenters. The van der Waals surface area contributed by atoms with Crippen molar-refractivity contribution in [3.63, 3.8) is 0 Å². The maximum absolute atomic E-state index is 13.2. The molecule has 1 N–H and O–H groups in total. The van der Waals surface area contributed by atoms with Crippen molar-refractivity contribution in [1.82, 2.24) is 24.7 Å². The molecular weight excluding hydrogens is 454 g/mol. The molecule has 1 aliphatic rings. The van der Waals surface area contributed by atoms with Gasteiger partial charge in [0.2, 0.25) is 21.7 Å². The summed E-state index contributed by atoms with van der Waals surface area (Å²) in [5.74, 6) is 0.190. The molecule has 0 spiro atoms. The van der Waals surface area contributed by atoms with E-state index in [1.807, 2.05) is 26.8 Å². The molecule has 0 aliphatic carbocycles. The Morgan fingerprint density at radius 1 is 1.21 bits per heavy atom. The normalized spacial score (nSPS) is 18.1. The van der Waals surface area contributed by atoms with Gasteiger partial charge in [-0.3, -0.25) is 9.78 Å². The molecule has 180 valence electrons. The Balaban J connectivity index is 1.55. The quantitative estimate of drug-likeness (QED) is 0.543. The summed E-state index contributed by atoms with van der Waals surface area (Å²) in [6, 6.07) is 9.14. The van der Waals surface area contributed by atoms with E-state index in [1.165, 1.54) is 16.4 Å². The summed E-state index contributed by atoms with van der Waals surface area (Å²) < 4.78 is 33.4. The van der Waals surface area contributed by atoms with Gasteiger partial charge in [0.15, 0.2) is 0 Å². The molecule has 1 amide bonds. The number of carbonyl (C=O) groups excluding carboxylic acids is 1. The fourth-order valence-corrected chi connectivity index (χ4v) is 5.82. The third-order valence-corrected chi connectivity index (χ3v) is 8.04. The van der Waals surface area contributed by atoms with Crippen molar-refractivity contribution in [2.24, 2.45) is 5.92 Å². The summed E-state index contributed by atoms with van der Waals surface area (Å²) in [6.07, 6.45) is 5.98. The molecule has 1 aliphatic heterocycles. The minimum atomic E-state index is -3.68. The Bertz CT molecular complexity index is 1240. The van der Waals surface area contributed by atoms with Crippen molar-refractivity contribution in [2.45, 2.75) is 57.0 Å². The van der Waals surface area contributed by atoms with Gasteiger partial charge < -0.3 is 9.84 Å². The molecule has 0 saturated carbocycles. The number of nitrogens with zero attached hydrogens (tertiary/aromatic N) is 4.